The monoisotopic (exact) mass is 260 g/mol. The Hall–Kier alpha value is -0.0800. The Balaban J connectivity index is 1.41. The van der Waals surface area contributed by atoms with Gasteiger partial charge in [-0.05, 0) is 87.6 Å². The van der Waals surface area contributed by atoms with Crippen LogP contribution >= 0.6 is 0 Å². The van der Waals surface area contributed by atoms with Gasteiger partial charge in [-0.2, -0.15) is 0 Å². The maximum absolute atomic E-state index is 3.62. The van der Waals surface area contributed by atoms with E-state index in [1.165, 1.54) is 39.0 Å². The largest absolute Gasteiger partial charge is 0.316 e. The summed E-state index contributed by atoms with van der Waals surface area (Å²) in [5.41, 5.74) is 1.34. The van der Waals surface area contributed by atoms with E-state index in [9.17, 15) is 0 Å². The molecule has 2 heterocycles. The Kier molecular flexibility index (Phi) is 2.29. The second-order valence-electron chi connectivity index (χ2n) is 8.74. The zero-order chi connectivity index (χ0) is 12.5. The zero-order valence-corrected chi connectivity index (χ0v) is 12.2. The van der Waals surface area contributed by atoms with Gasteiger partial charge in [-0.1, -0.05) is 0 Å². The lowest BCUT2D eigenvalue weighted by atomic mass is 9.52. The number of nitrogens with one attached hydrogen (secondary N) is 1. The maximum Gasteiger partial charge on any atom is 0.0217 e. The molecule has 1 N–H and O–H groups in total. The second-order valence-corrected chi connectivity index (χ2v) is 8.74. The van der Waals surface area contributed by atoms with Crippen molar-refractivity contribution >= 4 is 0 Å². The van der Waals surface area contributed by atoms with Crippen LogP contribution in [0.5, 0.6) is 0 Å². The summed E-state index contributed by atoms with van der Waals surface area (Å²) in [5, 5.41) is 3.62. The molecule has 1 atom stereocenters. The summed E-state index contributed by atoms with van der Waals surface area (Å²) in [5.74, 6) is 3.30. The summed E-state index contributed by atoms with van der Waals surface area (Å²) in [6, 6.07) is 0. The Bertz CT molecular complexity index is 347. The SMILES string of the molecule is C1CC2(CCN(C34CC5CC(CC(C5)C3)C4)C2)CN1. The van der Waals surface area contributed by atoms with E-state index < -0.39 is 0 Å². The van der Waals surface area contributed by atoms with Crippen molar-refractivity contribution in [2.45, 2.75) is 56.9 Å². The summed E-state index contributed by atoms with van der Waals surface area (Å²) in [6.45, 7) is 5.41. The smallest absolute Gasteiger partial charge is 0.0217 e. The van der Waals surface area contributed by atoms with Gasteiger partial charge in [0.05, 0.1) is 0 Å². The van der Waals surface area contributed by atoms with E-state index in [-0.39, 0.29) is 0 Å². The molecule has 1 spiro atoms. The predicted octanol–water partition coefficient (Wildman–Crippen LogP) is 2.64. The number of hydrogen-bond acceptors (Lipinski definition) is 2. The Morgan fingerprint density at radius 3 is 2.16 bits per heavy atom. The van der Waals surface area contributed by atoms with Gasteiger partial charge >= 0.3 is 0 Å². The normalized spacial score (nSPS) is 56.5. The Morgan fingerprint density at radius 1 is 0.895 bits per heavy atom. The van der Waals surface area contributed by atoms with E-state index in [1.54, 1.807) is 38.5 Å². The highest BCUT2D eigenvalue weighted by Gasteiger charge is 2.56. The minimum atomic E-state index is 0.668. The van der Waals surface area contributed by atoms with Crippen LogP contribution in [0.1, 0.15) is 51.4 Å². The Morgan fingerprint density at radius 2 is 1.58 bits per heavy atom. The first-order valence-electron chi connectivity index (χ1n) is 8.71. The van der Waals surface area contributed by atoms with Gasteiger partial charge in [0, 0.05) is 18.6 Å². The summed E-state index contributed by atoms with van der Waals surface area (Å²) in [6.07, 6.45) is 12.3. The van der Waals surface area contributed by atoms with Crippen molar-refractivity contribution in [3.8, 4) is 0 Å². The van der Waals surface area contributed by atoms with Gasteiger partial charge in [-0.15, -0.1) is 0 Å². The molecule has 0 aromatic rings. The molecule has 6 rings (SSSR count). The third kappa shape index (κ3) is 1.62. The molecular weight excluding hydrogens is 232 g/mol. The van der Waals surface area contributed by atoms with Crippen molar-refractivity contribution in [1.29, 1.82) is 0 Å². The van der Waals surface area contributed by atoms with E-state index in [4.69, 9.17) is 0 Å². The third-order valence-corrected chi connectivity index (χ3v) is 7.45. The van der Waals surface area contributed by atoms with Crippen LogP contribution in [0.15, 0.2) is 0 Å². The molecule has 1 unspecified atom stereocenters. The first-order chi connectivity index (χ1) is 9.25. The molecule has 19 heavy (non-hydrogen) atoms. The van der Waals surface area contributed by atoms with E-state index >= 15 is 0 Å². The minimum Gasteiger partial charge on any atom is -0.316 e. The summed E-state index contributed by atoms with van der Waals surface area (Å²) < 4.78 is 0. The predicted molar refractivity (Wildman–Crippen MR) is 77.0 cm³/mol. The molecule has 2 nitrogen and oxygen atoms in total. The summed E-state index contributed by atoms with van der Waals surface area (Å²) in [4.78, 5) is 2.99. The van der Waals surface area contributed by atoms with Crippen LogP contribution in [0.25, 0.3) is 0 Å². The third-order valence-electron chi connectivity index (χ3n) is 7.45. The summed E-state index contributed by atoms with van der Waals surface area (Å²) >= 11 is 0. The van der Waals surface area contributed by atoms with Crippen LogP contribution < -0.4 is 5.32 Å². The molecular formula is C17H28N2. The number of nitrogens with zero attached hydrogens (tertiary/aromatic N) is 1. The van der Waals surface area contributed by atoms with E-state index in [1.807, 2.05) is 0 Å². The van der Waals surface area contributed by atoms with Crippen molar-refractivity contribution < 1.29 is 0 Å². The van der Waals surface area contributed by atoms with Crippen LogP contribution in [0.4, 0.5) is 0 Å². The van der Waals surface area contributed by atoms with Gasteiger partial charge < -0.3 is 5.32 Å². The number of likely N-dealkylation sites (tertiary alicyclic amines) is 1. The van der Waals surface area contributed by atoms with Crippen LogP contribution in [0, 0.1) is 23.2 Å². The zero-order valence-electron chi connectivity index (χ0n) is 12.2. The van der Waals surface area contributed by atoms with Crippen molar-refractivity contribution in [3.63, 3.8) is 0 Å². The van der Waals surface area contributed by atoms with Crippen molar-refractivity contribution in [2.24, 2.45) is 23.2 Å². The first kappa shape index (κ1) is 11.6. The first-order valence-corrected chi connectivity index (χ1v) is 8.71. The van der Waals surface area contributed by atoms with E-state index in [2.05, 4.69) is 10.2 Å². The fraction of sp³-hybridized carbons (Fsp3) is 1.00. The summed E-state index contributed by atoms with van der Waals surface area (Å²) in [7, 11) is 0. The molecule has 0 aromatic heterocycles. The maximum atomic E-state index is 3.62. The van der Waals surface area contributed by atoms with Crippen molar-refractivity contribution in [1.82, 2.24) is 10.2 Å². The molecule has 4 bridgehead atoms. The molecule has 106 valence electrons. The highest BCUT2D eigenvalue weighted by atomic mass is 15.2. The average molecular weight is 260 g/mol. The van der Waals surface area contributed by atoms with Crippen LogP contribution in [-0.4, -0.2) is 36.6 Å². The van der Waals surface area contributed by atoms with Gasteiger partial charge in [-0.3, -0.25) is 4.90 Å². The lowest BCUT2D eigenvalue weighted by Gasteiger charge is -2.60. The quantitative estimate of drug-likeness (QED) is 0.780. The molecule has 4 aliphatic carbocycles. The molecule has 2 aliphatic heterocycles. The van der Waals surface area contributed by atoms with E-state index in [0.717, 1.165) is 17.8 Å². The number of rotatable bonds is 1. The van der Waals surface area contributed by atoms with Crippen LogP contribution in [0.2, 0.25) is 0 Å². The average Bonchev–Trinajstić information content (AvgIpc) is 2.99. The van der Waals surface area contributed by atoms with Gasteiger partial charge in [0.25, 0.3) is 0 Å². The molecule has 6 aliphatic rings. The molecule has 2 saturated heterocycles. The van der Waals surface area contributed by atoms with Gasteiger partial charge in [0.1, 0.15) is 0 Å². The highest BCUT2D eigenvalue weighted by molar-refractivity contribution is 5.10. The molecule has 6 fully saturated rings. The lowest BCUT2D eigenvalue weighted by molar-refractivity contribution is -0.0832. The number of hydrogen-bond donors (Lipinski definition) is 1. The Labute approximate surface area is 117 Å². The standard InChI is InChI=1S/C17H28N2/c1-3-18-11-16(1)2-4-19(12-16)17-8-13-5-14(9-17)7-15(6-13)10-17/h13-15,18H,1-12H2. The van der Waals surface area contributed by atoms with Gasteiger partial charge in [-0.25, -0.2) is 0 Å². The topological polar surface area (TPSA) is 15.3 Å². The molecule has 0 amide bonds. The molecule has 2 heteroatoms. The molecule has 0 aromatic carbocycles. The minimum absolute atomic E-state index is 0.668. The van der Waals surface area contributed by atoms with Crippen LogP contribution in [0.3, 0.4) is 0 Å². The molecule has 0 radical (unpaired) electrons. The fourth-order valence-electron chi connectivity index (χ4n) is 6.94. The van der Waals surface area contributed by atoms with Crippen molar-refractivity contribution in [2.75, 3.05) is 26.2 Å². The lowest BCUT2D eigenvalue weighted by Crippen LogP contribution is -2.59. The highest BCUT2D eigenvalue weighted by Crippen LogP contribution is 2.59. The van der Waals surface area contributed by atoms with E-state index in [0.29, 0.717) is 11.0 Å². The second kappa shape index (κ2) is 3.76. The van der Waals surface area contributed by atoms with Gasteiger partial charge in [0.15, 0.2) is 0 Å². The van der Waals surface area contributed by atoms with Crippen LogP contribution in [-0.2, 0) is 0 Å². The molecule has 4 saturated carbocycles. The van der Waals surface area contributed by atoms with Gasteiger partial charge in [0.2, 0.25) is 0 Å². The van der Waals surface area contributed by atoms with Crippen molar-refractivity contribution in [3.05, 3.63) is 0 Å². The fourth-order valence-corrected chi connectivity index (χ4v) is 6.94.